The first-order chi connectivity index (χ1) is 16.4. The quantitative estimate of drug-likeness (QED) is 0.244. The fourth-order valence-electron chi connectivity index (χ4n) is 4.02. The van der Waals surface area contributed by atoms with Crippen molar-refractivity contribution in [3.63, 3.8) is 0 Å². The monoisotopic (exact) mass is 492 g/mol. The number of hydrogen-bond donors (Lipinski definition) is 6. The van der Waals surface area contributed by atoms with E-state index in [0.29, 0.717) is 18.4 Å². The molecule has 3 amide bonds. The third-order valence-corrected chi connectivity index (χ3v) is 5.97. The third kappa shape index (κ3) is 7.93. The van der Waals surface area contributed by atoms with Crippen LogP contribution in [0.3, 0.4) is 0 Å². The number of rotatable bonds is 11. The molecule has 0 radical (unpaired) electrons. The number of carboxylic acids is 1. The first-order valence-corrected chi connectivity index (χ1v) is 11.8. The number of nitrogens with one attached hydrogen (secondary N) is 2. The summed E-state index contributed by atoms with van der Waals surface area (Å²) in [4.78, 5) is 51.9. The third-order valence-electron chi connectivity index (χ3n) is 5.97. The van der Waals surface area contributed by atoms with Crippen molar-refractivity contribution >= 4 is 23.7 Å². The van der Waals surface area contributed by atoms with E-state index in [4.69, 9.17) is 5.73 Å². The zero-order valence-electron chi connectivity index (χ0n) is 20.3. The van der Waals surface area contributed by atoms with Crippen LogP contribution in [-0.4, -0.2) is 80.7 Å². The molecule has 1 aliphatic heterocycles. The van der Waals surface area contributed by atoms with Crippen molar-refractivity contribution < 1.29 is 34.5 Å². The Morgan fingerprint density at radius 3 is 2.20 bits per heavy atom. The van der Waals surface area contributed by atoms with Crippen molar-refractivity contribution in [1.82, 2.24) is 15.5 Å². The lowest BCUT2D eigenvalue weighted by atomic mass is 10.00. The first-order valence-electron chi connectivity index (χ1n) is 11.8. The number of phenolic OH excluding ortho intramolecular Hbond substituents is 1. The van der Waals surface area contributed by atoms with E-state index in [0.717, 1.165) is 0 Å². The number of amides is 3. The van der Waals surface area contributed by atoms with Crippen LogP contribution in [-0.2, 0) is 25.6 Å². The maximum absolute atomic E-state index is 13.3. The number of hydrogen-bond acceptors (Lipinski definition) is 7. The number of carboxylic acid groups (broad SMARTS) is 1. The summed E-state index contributed by atoms with van der Waals surface area (Å²) in [6, 6.07) is 1.75. The number of aliphatic hydroxyl groups excluding tert-OH is 1. The summed E-state index contributed by atoms with van der Waals surface area (Å²) >= 11 is 0. The van der Waals surface area contributed by atoms with E-state index in [2.05, 4.69) is 10.6 Å². The Balaban J connectivity index is 2.26. The van der Waals surface area contributed by atoms with Gasteiger partial charge in [-0.3, -0.25) is 14.4 Å². The summed E-state index contributed by atoms with van der Waals surface area (Å²) in [5.74, 6) is -2.90. The van der Waals surface area contributed by atoms with Crippen molar-refractivity contribution in [3.8, 4) is 5.75 Å². The van der Waals surface area contributed by atoms with Gasteiger partial charge in [0.1, 0.15) is 29.9 Å². The lowest BCUT2D eigenvalue weighted by molar-refractivity contribution is -0.149. The molecule has 1 fully saturated rings. The van der Waals surface area contributed by atoms with E-state index >= 15 is 0 Å². The second kappa shape index (κ2) is 12.5. The van der Waals surface area contributed by atoms with Crippen LogP contribution in [0.2, 0.25) is 0 Å². The standard InChI is InChI=1S/C24H36N4O7/c1-13(2)11-18(23(33)28-10-4-5-19(28)24(34)35)27-21(31)17(26-22(32)20(25)14(3)29)12-15-6-8-16(30)9-7-15/h6-9,13-14,17-20,29-30H,4-5,10-12,25H2,1-3H3,(H,26,32)(H,27,31)(H,34,35). The number of likely N-dealkylation sites (tertiary alicyclic amines) is 1. The van der Waals surface area contributed by atoms with Crippen molar-refractivity contribution in [2.75, 3.05) is 6.54 Å². The van der Waals surface area contributed by atoms with Gasteiger partial charge in [-0.1, -0.05) is 26.0 Å². The normalized spacial score (nSPS) is 19.0. The van der Waals surface area contributed by atoms with Gasteiger partial charge in [0, 0.05) is 13.0 Å². The number of phenols is 1. The summed E-state index contributed by atoms with van der Waals surface area (Å²) in [5.41, 5.74) is 6.35. The lowest BCUT2D eigenvalue weighted by Gasteiger charge is -2.30. The summed E-state index contributed by atoms with van der Waals surface area (Å²) in [5, 5.41) is 33.9. The highest BCUT2D eigenvalue weighted by Gasteiger charge is 2.38. The topological polar surface area (TPSA) is 182 Å². The van der Waals surface area contributed by atoms with Crippen LogP contribution in [0.4, 0.5) is 0 Å². The summed E-state index contributed by atoms with van der Waals surface area (Å²) in [7, 11) is 0. The second-order valence-corrected chi connectivity index (χ2v) is 9.42. The molecule has 0 bridgehead atoms. The average molecular weight is 493 g/mol. The smallest absolute Gasteiger partial charge is 0.326 e. The number of carbonyl (C=O) groups is 4. The highest BCUT2D eigenvalue weighted by atomic mass is 16.4. The zero-order valence-corrected chi connectivity index (χ0v) is 20.3. The fourth-order valence-corrected chi connectivity index (χ4v) is 4.02. The van der Waals surface area contributed by atoms with E-state index < -0.39 is 54.0 Å². The molecule has 11 heteroatoms. The number of aliphatic carboxylic acids is 1. The first kappa shape index (κ1) is 28.1. The SMILES string of the molecule is CC(C)CC(NC(=O)C(Cc1ccc(O)cc1)NC(=O)C(N)C(C)O)C(=O)N1CCCC1C(=O)O. The molecule has 1 aromatic carbocycles. The van der Waals surface area contributed by atoms with Gasteiger partial charge in [-0.25, -0.2) is 4.79 Å². The average Bonchev–Trinajstić information content (AvgIpc) is 3.28. The largest absolute Gasteiger partial charge is 0.508 e. The highest BCUT2D eigenvalue weighted by molar-refractivity contribution is 5.94. The van der Waals surface area contributed by atoms with Crippen LogP contribution in [0.5, 0.6) is 5.75 Å². The molecule has 11 nitrogen and oxygen atoms in total. The predicted octanol–water partition coefficient (Wildman–Crippen LogP) is -0.266. The highest BCUT2D eigenvalue weighted by Crippen LogP contribution is 2.20. The van der Waals surface area contributed by atoms with E-state index in [1.54, 1.807) is 12.1 Å². The minimum atomic E-state index is -1.26. The number of nitrogens with two attached hydrogens (primary N) is 1. The number of nitrogens with zero attached hydrogens (tertiary/aromatic N) is 1. The van der Waals surface area contributed by atoms with Gasteiger partial charge >= 0.3 is 5.97 Å². The minimum absolute atomic E-state index is 0.0175. The number of aliphatic hydroxyl groups is 1. The van der Waals surface area contributed by atoms with E-state index in [1.807, 2.05) is 13.8 Å². The maximum atomic E-state index is 13.3. The Bertz CT molecular complexity index is 904. The van der Waals surface area contributed by atoms with Crippen LogP contribution < -0.4 is 16.4 Å². The van der Waals surface area contributed by atoms with Gasteiger partial charge in [-0.2, -0.15) is 0 Å². The molecule has 1 aliphatic rings. The van der Waals surface area contributed by atoms with Crippen LogP contribution in [0.25, 0.3) is 0 Å². The van der Waals surface area contributed by atoms with Gasteiger partial charge in [0.25, 0.3) is 0 Å². The van der Waals surface area contributed by atoms with Gasteiger partial charge < -0.3 is 36.6 Å². The Morgan fingerprint density at radius 2 is 1.66 bits per heavy atom. The minimum Gasteiger partial charge on any atom is -0.508 e. The number of carbonyl (C=O) groups excluding carboxylic acids is 3. The van der Waals surface area contributed by atoms with Gasteiger partial charge in [0.15, 0.2) is 0 Å². The maximum Gasteiger partial charge on any atom is 0.326 e. The van der Waals surface area contributed by atoms with E-state index in [9.17, 15) is 34.5 Å². The Kier molecular flexibility index (Phi) is 10.0. The molecule has 0 spiro atoms. The molecule has 1 aromatic rings. The Labute approximate surface area is 204 Å². The van der Waals surface area contributed by atoms with Crippen LogP contribution in [0.15, 0.2) is 24.3 Å². The van der Waals surface area contributed by atoms with Gasteiger partial charge in [-0.05, 0) is 49.8 Å². The van der Waals surface area contributed by atoms with Crippen molar-refractivity contribution in [3.05, 3.63) is 29.8 Å². The molecule has 0 aliphatic carbocycles. The number of aromatic hydroxyl groups is 1. The molecular formula is C24H36N4O7. The molecule has 5 unspecified atom stereocenters. The Hall–Kier alpha value is -3.18. The molecule has 5 atom stereocenters. The van der Waals surface area contributed by atoms with E-state index in [1.165, 1.54) is 24.0 Å². The van der Waals surface area contributed by atoms with Gasteiger partial charge in [-0.15, -0.1) is 0 Å². The molecule has 0 saturated carbocycles. The van der Waals surface area contributed by atoms with Gasteiger partial charge in [0.2, 0.25) is 17.7 Å². The van der Waals surface area contributed by atoms with Crippen molar-refractivity contribution in [2.24, 2.45) is 11.7 Å². The molecule has 1 saturated heterocycles. The summed E-state index contributed by atoms with van der Waals surface area (Å²) < 4.78 is 0. The summed E-state index contributed by atoms with van der Waals surface area (Å²) in [6.07, 6.45) is 0.0717. The van der Waals surface area contributed by atoms with Crippen LogP contribution in [0.1, 0.15) is 45.6 Å². The zero-order chi connectivity index (χ0) is 26.3. The molecule has 0 aromatic heterocycles. The molecular weight excluding hydrogens is 456 g/mol. The summed E-state index contributed by atoms with van der Waals surface area (Å²) in [6.45, 7) is 5.40. The molecule has 7 N–H and O–H groups in total. The van der Waals surface area contributed by atoms with Gasteiger partial charge in [0.05, 0.1) is 6.10 Å². The van der Waals surface area contributed by atoms with Crippen LogP contribution in [0, 0.1) is 5.92 Å². The van der Waals surface area contributed by atoms with Crippen LogP contribution >= 0.6 is 0 Å². The Morgan fingerprint density at radius 1 is 1.06 bits per heavy atom. The molecule has 2 rings (SSSR count). The number of benzene rings is 1. The molecule has 1 heterocycles. The lowest BCUT2D eigenvalue weighted by Crippen LogP contribution is -2.58. The predicted molar refractivity (Wildman–Crippen MR) is 127 cm³/mol. The second-order valence-electron chi connectivity index (χ2n) is 9.42. The fraction of sp³-hybridized carbons (Fsp3) is 0.583. The van der Waals surface area contributed by atoms with Crippen molar-refractivity contribution in [2.45, 2.75) is 76.7 Å². The van der Waals surface area contributed by atoms with E-state index in [-0.39, 0.29) is 31.1 Å². The van der Waals surface area contributed by atoms with Crippen molar-refractivity contribution in [1.29, 1.82) is 0 Å². The molecule has 35 heavy (non-hydrogen) atoms. The molecule has 194 valence electrons.